The van der Waals surface area contributed by atoms with E-state index in [1.807, 2.05) is 35.2 Å². The first-order valence-electron chi connectivity index (χ1n) is 10.4. The SMILES string of the molecule is CC(=O)Cc1ccc(-c2cc(CN3CCN(C(C)=O)CC3)c3ccccc3n2)cc1. The number of fused-ring (bicyclic) bond motifs is 1. The van der Waals surface area contributed by atoms with Crippen LogP contribution in [0, 0.1) is 0 Å². The highest BCUT2D eigenvalue weighted by atomic mass is 16.2. The average Bonchev–Trinajstić information content (AvgIpc) is 2.74. The largest absolute Gasteiger partial charge is 0.340 e. The van der Waals surface area contributed by atoms with E-state index in [2.05, 4.69) is 29.2 Å². The molecule has 1 saturated heterocycles. The van der Waals surface area contributed by atoms with Crippen molar-refractivity contribution in [2.75, 3.05) is 26.2 Å². The van der Waals surface area contributed by atoms with Crippen LogP contribution in [-0.2, 0) is 22.6 Å². The zero-order valence-electron chi connectivity index (χ0n) is 17.6. The highest BCUT2D eigenvalue weighted by Crippen LogP contribution is 2.26. The topological polar surface area (TPSA) is 53.5 Å². The zero-order valence-corrected chi connectivity index (χ0v) is 17.6. The van der Waals surface area contributed by atoms with Crippen molar-refractivity contribution in [3.63, 3.8) is 0 Å². The van der Waals surface area contributed by atoms with E-state index < -0.39 is 0 Å². The van der Waals surface area contributed by atoms with Gasteiger partial charge in [-0.3, -0.25) is 14.5 Å². The number of para-hydroxylation sites is 1. The summed E-state index contributed by atoms with van der Waals surface area (Å²) in [4.78, 5) is 32.2. The van der Waals surface area contributed by atoms with Crippen LogP contribution in [0.3, 0.4) is 0 Å². The molecular weight excluding hydrogens is 374 g/mol. The number of nitrogens with zero attached hydrogens (tertiary/aromatic N) is 3. The summed E-state index contributed by atoms with van der Waals surface area (Å²) in [6.45, 7) is 7.41. The molecule has 0 N–H and O–H groups in total. The number of Topliss-reactive ketones (excluding diaryl/α,β-unsaturated/α-hetero) is 1. The Balaban J connectivity index is 1.61. The fraction of sp³-hybridized carbons (Fsp3) is 0.320. The molecule has 3 aromatic rings. The van der Waals surface area contributed by atoms with E-state index in [0.717, 1.165) is 55.1 Å². The maximum Gasteiger partial charge on any atom is 0.219 e. The van der Waals surface area contributed by atoms with Crippen LogP contribution >= 0.6 is 0 Å². The summed E-state index contributed by atoms with van der Waals surface area (Å²) in [6.07, 6.45) is 0.461. The Kier molecular flexibility index (Phi) is 5.91. The predicted octanol–water partition coefficient (Wildman–Crippen LogP) is 3.70. The maximum absolute atomic E-state index is 11.6. The van der Waals surface area contributed by atoms with Crippen LogP contribution in [0.1, 0.15) is 25.0 Å². The lowest BCUT2D eigenvalue weighted by atomic mass is 10.0. The molecule has 0 bridgehead atoms. The quantitative estimate of drug-likeness (QED) is 0.654. The van der Waals surface area contributed by atoms with E-state index in [9.17, 15) is 9.59 Å². The van der Waals surface area contributed by atoms with E-state index in [-0.39, 0.29) is 11.7 Å². The number of hydrogen-bond donors (Lipinski definition) is 0. The molecule has 1 aliphatic heterocycles. The standard InChI is InChI=1S/C25H27N3O2/c1-18(29)15-20-7-9-21(10-8-20)25-16-22(23-5-3-4-6-24(23)26-25)17-27-11-13-28(14-12-27)19(2)30/h3-10,16H,11-15,17H2,1-2H3. The van der Waals surface area contributed by atoms with Gasteiger partial charge >= 0.3 is 0 Å². The van der Waals surface area contributed by atoms with Gasteiger partial charge in [-0.2, -0.15) is 0 Å². The lowest BCUT2D eigenvalue weighted by Crippen LogP contribution is -2.47. The Bertz CT molecular complexity index is 1070. The first-order valence-corrected chi connectivity index (χ1v) is 10.4. The van der Waals surface area contributed by atoms with Crippen molar-refractivity contribution >= 4 is 22.6 Å². The number of rotatable bonds is 5. The molecule has 154 valence electrons. The van der Waals surface area contributed by atoms with Gasteiger partial charge in [-0.15, -0.1) is 0 Å². The van der Waals surface area contributed by atoms with Crippen LogP contribution in [0.2, 0.25) is 0 Å². The van der Waals surface area contributed by atoms with Gasteiger partial charge in [0.25, 0.3) is 0 Å². The normalized spacial score (nSPS) is 14.8. The van der Waals surface area contributed by atoms with Crippen LogP contribution in [0.15, 0.2) is 54.6 Å². The van der Waals surface area contributed by atoms with E-state index in [0.29, 0.717) is 6.42 Å². The van der Waals surface area contributed by atoms with E-state index in [1.165, 1.54) is 10.9 Å². The van der Waals surface area contributed by atoms with Gasteiger partial charge in [0.05, 0.1) is 11.2 Å². The maximum atomic E-state index is 11.6. The van der Waals surface area contributed by atoms with Crippen molar-refractivity contribution in [3.05, 3.63) is 65.7 Å². The molecule has 0 radical (unpaired) electrons. The first-order chi connectivity index (χ1) is 14.5. The summed E-state index contributed by atoms with van der Waals surface area (Å²) in [6, 6.07) is 18.5. The molecule has 5 heteroatoms. The summed E-state index contributed by atoms with van der Waals surface area (Å²) in [5.41, 5.74) is 5.26. The average molecular weight is 402 g/mol. The molecular formula is C25H27N3O2. The zero-order chi connectivity index (χ0) is 21.1. The number of benzene rings is 2. The fourth-order valence-electron chi connectivity index (χ4n) is 4.07. The lowest BCUT2D eigenvalue weighted by molar-refractivity contribution is -0.130. The van der Waals surface area contributed by atoms with Crippen molar-refractivity contribution in [2.24, 2.45) is 0 Å². The molecule has 2 heterocycles. The van der Waals surface area contributed by atoms with Gasteiger partial charge in [0.1, 0.15) is 5.78 Å². The van der Waals surface area contributed by atoms with Gasteiger partial charge in [0.15, 0.2) is 0 Å². The monoisotopic (exact) mass is 401 g/mol. The van der Waals surface area contributed by atoms with Gasteiger partial charge in [0.2, 0.25) is 5.91 Å². The van der Waals surface area contributed by atoms with Gasteiger partial charge in [-0.25, -0.2) is 4.98 Å². The molecule has 0 saturated carbocycles. The smallest absolute Gasteiger partial charge is 0.219 e. The fourth-order valence-corrected chi connectivity index (χ4v) is 4.07. The highest BCUT2D eigenvalue weighted by Gasteiger charge is 2.19. The molecule has 1 aromatic heterocycles. The summed E-state index contributed by atoms with van der Waals surface area (Å²) >= 11 is 0. The Hall–Kier alpha value is -3.05. The molecule has 0 unspecified atom stereocenters. The molecule has 0 spiro atoms. The van der Waals surface area contributed by atoms with Crippen LogP contribution < -0.4 is 0 Å². The minimum absolute atomic E-state index is 0.152. The second-order valence-electron chi connectivity index (χ2n) is 8.04. The predicted molar refractivity (Wildman–Crippen MR) is 119 cm³/mol. The van der Waals surface area contributed by atoms with E-state index in [4.69, 9.17) is 4.98 Å². The molecule has 30 heavy (non-hydrogen) atoms. The second kappa shape index (κ2) is 8.76. The molecule has 5 nitrogen and oxygen atoms in total. The molecule has 0 aliphatic carbocycles. The van der Waals surface area contributed by atoms with Crippen LogP contribution in [0.25, 0.3) is 22.2 Å². The Morgan fingerprint density at radius 1 is 0.933 bits per heavy atom. The van der Waals surface area contributed by atoms with Crippen molar-refractivity contribution < 1.29 is 9.59 Å². The summed E-state index contributed by atoms with van der Waals surface area (Å²) in [7, 11) is 0. The summed E-state index contributed by atoms with van der Waals surface area (Å²) < 4.78 is 0. The number of piperazine rings is 1. The Morgan fingerprint density at radius 2 is 1.63 bits per heavy atom. The lowest BCUT2D eigenvalue weighted by Gasteiger charge is -2.34. The number of carbonyl (C=O) groups excluding carboxylic acids is 2. The third kappa shape index (κ3) is 4.57. The molecule has 2 aromatic carbocycles. The van der Waals surface area contributed by atoms with E-state index >= 15 is 0 Å². The third-order valence-electron chi connectivity index (χ3n) is 5.72. The third-order valence-corrected chi connectivity index (χ3v) is 5.72. The van der Waals surface area contributed by atoms with E-state index in [1.54, 1.807) is 13.8 Å². The number of carbonyl (C=O) groups is 2. The minimum Gasteiger partial charge on any atom is -0.340 e. The summed E-state index contributed by atoms with van der Waals surface area (Å²) in [5.74, 6) is 0.318. The number of hydrogen-bond acceptors (Lipinski definition) is 4. The van der Waals surface area contributed by atoms with Crippen LogP contribution in [0.5, 0.6) is 0 Å². The van der Waals surface area contributed by atoms with Gasteiger partial charge in [0, 0.05) is 57.0 Å². The molecule has 0 atom stereocenters. The van der Waals surface area contributed by atoms with Gasteiger partial charge in [-0.05, 0) is 30.2 Å². The van der Waals surface area contributed by atoms with Crippen molar-refractivity contribution in [2.45, 2.75) is 26.8 Å². The Labute approximate surface area is 177 Å². The molecule has 1 amide bonds. The highest BCUT2D eigenvalue weighted by molar-refractivity contribution is 5.85. The van der Waals surface area contributed by atoms with Crippen molar-refractivity contribution in [1.82, 2.24) is 14.8 Å². The molecule has 1 fully saturated rings. The molecule has 4 rings (SSSR count). The number of pyridine rings is 1. The number of aromatic nitrogens is 1. The molecule has 1 aliphatic rings. The van der Waals surface area contributed by atoms with Crippen molar-refractivity contribution in [3.8, 4) is 11.3 Å². The van der Waals surface area contributed by atoms with Crippen molar-refractivity contribution in [1.29, 1.82) is 0 Å². The Morgan fingerprint density at radius 3 is 2.30 bits per heavy atom. The second-order valence-corrected chi connectivity index (χ2v) is 8.04. The van der Waals surface area contributed by atoms with Crippen LogP contribution in [0.4, 0.5) is 0 Å². The number of amides is 1. The summed E-state index contributed by atoms with van der Waals surface area (Å²) in [5, 5.41) is 1.17. The minimum atomic E-state index is 0.152. The van der Waals surface area contributed by atoms with Gasteiger partial charge < -0.3 is 4.90 Å². The van der Waals surface area contributed by atoms with Crippen LogP contribution in [-0.4, -0.2) is 52.7 Å². The first kappa shape index (κ1) is 20.2. The number of ketones is 1. The van der Waals surface area contributed by atoms with Gasteiger partial charge in [-0.1, -0.05) is 42.5 Å².